The second kappa shape index (κ2) is 6.21. The lowest BCUT2D eigenvalue weighted by atomic mass is 10.1. The number of benzene rings is 2. The van der Waals surface area contributed by atoms with Gasteiger partial charge < -0.3 is 5.11 Å². The predicted molar refractivity (Wildman–Crippen MR) is 77.6 cm³/mol. The van der Waals surface area contributed by atoms with Crippen molar-refractivity contribution in [1.82, 2.24) is 0 Å². The fraction of sp³-hybridized carbons (Fsp3) is 0.0625. The molecule has 1 N–H and O–H groups in total. The SMILES string of the molecule is O=C(O)c1ccc(/C=C/Cc2ccc(Cl)cc2)cc1. The number of halogens is 1. The van der Waals surface area contributed by atoms with E-state index < -0.39 is 5.97 Å². The van der Waals surface area contributed by atoms with Crippen LogP contribution in [0, 0.1) is 0 Å². The van der Waals surface area contributed by atoms with E-state index in [2.05, 4.69) is 0 Å². The molecule has 96 valence electrons. The molecule has 0 fully saturated rings. The fourth-order valence-corrected chi connectivity index (χ4v) is 1.81. The lowest BCUT2D eigenvalue weighted by Crippen LogP contribution is -1.94. The quantitative estimate of drug-likeness (QED) is 0.901. The van der Waals surface area contributed by atoms with E-state index in [1.807, 2.05) is 36.4 Å². The minimum atomic E-state index is -0.906. The highest BCUT2D eigenvalue weighted by Gasteiger charge is 1.99. The molecule has 0 spiro atoms. The number of carboxylic acid groups (broad SMARTS) is 1. The molecule has 19 heavy (non-hydrogen) atoms. The highest BCUT2D eigenvalue weighted by atomic mass is 35.5. The summed E-state index contributed by atoms with van der Waals surface area (Å²) in [6, 6.07) is 14.5. The molecule has 0 aliphatic heterocycles. The Morgan fingerprint density at radius 2 is 1.68 bits per heavy atom. The summed E-state index contributed by atoms with van der Waals surface area (Å²) in [5.74, 6) is -0.906. The maximum absolute atomic E-state index is 10.7. The Hall–Kier alpha value is -2.06. The minimum Gasteiger partial charge on any atom is -0.478 e. The molecule has 0 saturated heterocycles. The summed E-state index contributed by atoms with van der Waals surface area (Å²) in [5, 5.41) is 9.53. The van der Waals surface area contributed by atoms with Crippen LogP contribution in [0.25, 0.3) is 6.08 Å². The number of carbonyl (C=O) groups is 1. The zero-order chi connectivity index (χ0) is 13.7. The minimum absolute atomic E-state index is 0.301. The first-order valence-electron chi connectivity index (χ1n) is 5.89. The van der Waals surface area contributed by atoms with Crippen LogP contribution in [0.1, 0.15) is 21.5 Å². The monoisotopic (exact) mass is 272 g/mol. The van der Waals surface area contributed by atoms with Crippen LogP contribution in [0.3, 0.4) is 0 Å². The summed E-state index contributed by atoms with van der Waals surface area (Å²) in [6.07, 6.45) is 4.83. The Labute approximate surface area is 117 Å². The zero-order valence-electron chi connectivity index (χ0n) is 10.2. The van der Waals surface area contributed by atoms with E-state index in [9.17, 15) is 4.79 Å². The molecule has 0 bridgehead atoms. The molecule has 0 aliphatic rings. The predicted octanol–water partition coefficient (Wildman–Crippen LogP) is 4.29. The van der Waals surface area contributed by atoms with Gasteiger partial charge in [0.1, 0.15) is 0 Å². The van der Waals surface area contributed by atoms with Crippen molar-refractivity contribution < 1.29 is 9.90 Å². The Bertz CT molecular complexity index is 583. The van der Waals surface area contributed by atoms with Crippen LogP contribution in [0.2, 0.25) is 5.02 Å². The van der Waals surface area contributed by atoms with Crippen molar-refractivity contribution in [2.24, 2.45) is 0 Å². The Morgan fingerprint density at radius 3 is 2.26 bits per heavy atom. The van der Waals surface area contributed by atoms with Crippen molar-refractivity contribution in [3.63, 3.8) is 0 Å². The number of carboxylic acids is 1. The van der Waals surface area contributed by atoms with Crippen molar-refractivity contribution >= 4 is 23.6 Å². The standard InChI is InChI=1S/C16H13ClO2/c17-15-10-6-13(7-11-15)3-1-2-12-4-8-14(9-5-12)16(18)19/h1-2,4-11H,3H2,(H,18,19)/b2-1+. The van der Waals surface area contributed by atoms with Crippen LogP contribution >= 0.6 is 11.6 Å². The van der Waals surface area contributed by atoms with Gasteiger partial charge in [-0.2, -0.15) is 0 Å². The highest BCUT2D eigenvalue weighted by Crippen LogP contribution is 2.11. The van der Waals surface area contributed by atoms with Gasteiger partial charge in [-0.1, -0.05) is 48.0 Å². The molecule has 0 radical (unpaired) electrons. The molecule has 2 aromatic carbocycles. The van der Waals surface area contributed by atoms with E-state index in [1.165, 1.54) is 5.56 Å². The zero-order valence-corrected chi connectivity index (χ0v) is 11.0. The van der Waals surface area contributed by atoms with Crippen molar-refractivity contribution in [1.29, 1.82) is 0 Å². The summed E-state index contributed by atoms with van der Waals surface area (Å²) >= 11 is 5.82. The smallest absolute Gasteiger partial charge is 0.335 e. The van der Waals surface area contributed by atoms with Crippen molar-refractivity contribution in [2.75, 3.05) is 0 Å². The Morgan fingerprint density at radius 1 is 1.05 bits per heavy atom. The molecule has 0 unspecified atom stereocenters. The second-order valence-electron chi connectivity index (χ2n) is 4.16. The molecule has 2 nitrogen and oxygen atoms in total. The van der Waals surface area contributed by atoms with Crippen molar-refractivity contribution in [3.05, 3.63) is 76.3 Å². The third-order valence-electron chi connectivity index (χ3n) is 2.73. The fourth-order valence-electron chi connectivity index (χ4n) is 1.69. The van der Waals surface area contributed by atoms with Crippen molar-refractivity contribution in [2.45, 2.75) is 6.42 Å². The van der Waals surface area contributed by atoms with Gasteiger partial charge in [0.2, 0.25) is 0 Å². The molecule has 0 aromatic heterocycles. The molecule has 0 atom stereocenters. The lowest BCUT2D eigenvalue weighted by molar-refractivity contribution is 0.0697. The second-order valence-corrected chi connectivity index (χ2v) is 4.60. The molecule has 0 amide bonds. The van der Waals surface area contributed by atoms with Gasteiger partial charge in [0.25, 0.3) is 0 Å². The van der Waals surface area contributed by atoms with Crippen LogP contribution in [0.15, 0.2) is 54.6 Å². The molecule has 0 aliphatic carbocycles. The lowest BCUT2D eigenvalue weighted by Gasteiger charge is -1.98. The van der Waals surface area contributed by atoms with Crippen LogP contribution in [0.4, 0.5) is 0 Å². The number of allylic oxidation sites excluding steroid dienone is 1. The van der Waals surface area contributed by atoms with Crippen LogP contribution in [-0.4, -0.2) is 11.1 Å². The van der Waals surface area contributed by atoms with E-state index in [0.717, 1.165) is 17.0 Å². The summed E-state index contributed by atoms with van der Waals surface area (Å²) < 4.78 is 0. The number of rotatable bonds is 4. The normalized spacial score (nSPS) is 10.8. The molecular formula is C16H13ClO2. The van der Waals surface area contributed by atoms with E-state index >= 15 is 0 Å². The topological polar surface area (TPSA) is 37.3 Å². The third kappa shape index (κ3) is 3.97. The first kappa shape index (κ1) is 13.4. The maximum Gasteiger partial charge on any atom is 0.335 e. The van der Waals surface area contributed by atoms with Gasteiger partial charge in [-0.05, 0) is 41.8 Å². The third-order valence-corrected chi connectivity index (χ3v) is 2.99. The van der Waals surface area contributed by atoms with E-state index in [0.29, 0.717) is 5.56 Å². The van der Waals surface area contributed by atoms with E-state index in [-0.39, 0.29) is 0 Å². The first-order valence-corrected chi connectivity index (χ1v) is 6.27. The molecule has 2 aromatic rings. The number of hydrogen-bond donors (Lipinski definition) is 1. The van der Waals surface area contributed by atoms with Gasteiger partial charge in [-0.15, -0.1) is 0 Å². The summed E-state index contributed by atoms with van der Waals surface area (Å²) in [5.41, 5.74) is 2.47. The molecule has 0 saturated carbocycles. The van der Waals surface area contributed by atoms with Gasteiger partial charge in [0, 0.05) is 5.02 Å². The van der Waals surface area contributed by atoms with Crippen LogP contribution in [-0.2, 0) is 6.42 Å². The van der Waals surface area contributed by atoms with Gasteiger partial charge in [0.15, 0.2) is 0 Å². The van der Waals surface area contributed by atoms with E-state index in [4.69, 9.17) is 16.7 Å². The first-order chi connectivity index (χ1) is 9.15. The maximum atomic E-state index is 10.7. The highest BCUT2D eigenvalue weighted by molar-refractivity contribution is 6.30. The molecule has 2 rings (SSSR count). The summed E-state index contributed by atoms with van der Waals surface area (Å²) in [7, 11) is 0. The van der Waals surface area contributed by atoms with Crippen LogP contribution in [0.5, 0.6) is 0 Å². The van der Waals surface area contributed by atoms with Gasteiger partial charge >= 0.3 is 5.97 Å². The average molecular weight is 273 g/mol. The Kier molecular flexibility index (Phi) is 4.37. The van der Waals surface area contributed by atoms with Crippen molar-refractivity contribution in [3.8, 4) is 0 Å². The molecular weight excluding hydrogens is 260 g/mol. The van der Waals surface area contributed by atoms with Crippen LogP contribution < -0.4 is 0 Å². The molecule has 3 heteroatoms. The number of aromatic carboxylic acids is 1. The van der Waals surface area contributed by atoms with Gasteiger partial charge in [-0.25, -0.2) is 4.79 Å². The largest absolute Gasteiger partial charge is 0.478 e. The Balaban J connectivity index is 1.98. The van der Waals surface area contributed by atoms with Gasteiger partial charge in [0.05, 0.1) is 5.56 Å². The summed E-state index contributed by atoms with van der Waals surface area (Å²) in [4.78, 5) is 10.7. The number of hydrogen-bond acceptors (Lipinski definition) is 1. The summed E-state index contributed by atoms with van der Waals surface area (Å²) in [6.45, 7) is 0. The molecule has 0 heterocycles. The average Bonchev–Trinajstić information content (AvgIpc) is 2.41. The van der Waals surface area contributed by atoms with E-state index in [1.54, 1.807) is 24.3 Å². The van der Waals surface area contributed by atoms with Gasteiger partial charge in [-0.3, -0.25) is 0 Å².